The number of amides is 2. The van der Waals surface area contributed by atoms with Gasteiger partial charge in [-0.25, -0.2) is 0 Å². The van der Waals surface area contributed by atoms with Crippen LogP contribution in [0.15, 0.2) is 24.3 Å². The Balaban J connectivity index is 1.59. The van der Waals surface area contributed by atoms with Gasteiger partial charge < -0.3 is 14.5 Å². The molecule has 2 fully saturated rings. The van der Waals surface area contributed by atoms with Gasteiger partial charge in [-0.15, -0.1) is 0 Å². The molecular weight excluding hydrogens is 316 g/mol. The molecule has 3 rings (SSSR count). The van der Waals surface area contributed by atoms with Crippen LogP contribution in [-0.2, 0) is 14.3 Å². The molecular formula is C20H28N2O3. The van der Waals surface area contributed by atoms with Gasteiger partial charge in [0.15, 0.2) is 0 Å². The van der Waals surface area contributed by atoms with E-state index in [2.05, 4.69) is 6.07 Å². The van der Waals surface area contributed by atoms with E-state index in [1.165, 1.54) is 0 Å². The molecule has 0 saturated carbocycles. The molecule has 1 atom stereocenters. The molecule has 2 aliphatic heterocycles. The summed E-state index contributed by atoms with van der Waals surface area (Å²) >= 11 is 0. The maximum absolute atomic E-state index is 13.0. The number of benzene rings is 1. The van der Waals surface area contributed by atoms with Gasteiger partial charge in [0.2, 0.25) is 5.91 Å². The van der Waals surface area contributed by atoms with E-state index in [4.69, 9.17) is 4.74 Å². The molecule has 0 bridgehead atoms. The molecule has 0 radical (unpaired) electrons. The Kier molecular flexibility index (Phi) is 5.74. The van der Waals surface area contributed by atoms with E-state index in [1.54, 1.807) is 0 Å². The Labute approximate surface area is 149 Å². The third-order valence-corrected chi connectivity index (χ3v) is 5.26. The minimum absolute atomic E-state index is 0.00555. The van der Waals surface area contributed by atoms with E-state index in [9.17, 15) is 9.59 Å². The number of carbonyl (C=O) groups is 2. The molecule has 1 aromatic carbocycles. The predicted octanol–water partition coefficient (Wildman–Crippen LogP) is 2.77. The first-order valence-electron chi connectivity index (χ1n) is 9.38. The van der Waals surface area contributed by atoms with Crippen molar-refractivity contribution in [3.63, 3.8) is 0 Å². The van der Waals surface area contributed by atoms with Gasteiger partial charge >= 0.3 is 0 Å². The van der Waals surface area contributed by atoms with Crippen molar-refractivity contribution in [3.8, 4) is 0 Å². The van der Waals surface area contributed by atoms with Crippen LogP contribution in [0.3, 0.4) is 0 Å². The second kappa shape index (κ2) is 8.00. The van der Waals surface area contributed by atoms with Crippen molar-refractivity contribution >= 4 is 17.5 Å². The second-order valence-corrected chi connectivity index (χ2v) is 7.02. The van der Waals surface area contributed by atoms with Gasteiger partial charge in [0.1, 0.15) is 6.10 Å². The highest BCUT2D eigenvalue weighted by molar-refractivity contribution is 5.95. The Morgan fingerprint density at radius 1 is 1.24 bits per heavy atom. The monoisotopic (exact) mass is 344 g/mol. The summed E-state index contributed by atoms with van der Waals surface area (Å²) in [6, 6.07) is 8.07. The minimum Gasteiger partial charge on any atom is -0.368 e. The van der Waals surface area contributed by atoms with Crippen LogP contribution >= 0.6 is 0 Å². The number of anilines is 1. The van der Waals surface area contributed by atoms with Crippen molar-refractivity contribution in [1.29, 1.82) is 0 Å². The van der Waals surface area contributed by atoms with E-state index in [0.717, 1.165) is 36.9 Å². The molecule has 5 heteroatoms. The van der Waals surface area contributed by atoms with Gasteiger partial charge in [0.05, 0.1) is 0 Å². The molecule has 0 N–H and O–H groups in total. The number of rotatable bonds is 4. The quantitative estimate of drug-likeness (QED) is 0.844. The van der Waals surface area contributed by atoms with E-state index >= 15 is 0 Å². The summed E-state index contributed by atoms with van der Waals surface area (Å²) in [5.74, 6) is 0.278. The van der Waals surface area contributed by atoms with Crippen LogP contribution in [0.2, 0.25) is 0 Å². The summed E-state index contributed by atoms with van der Waals surface area (Å²) in [4.78, 5) is 29.2. The van der Waals surface area contributed by atoms with E-state index < -0.39 is 0 Å². The number of hydrogen-bond acceptors (Lipinski definition) is 3. The Morgan fingerprint density at radius 3 is 2.60 bits per heavy atom. The van der Waals surface area contributed by atoms with E-state index in [-0.39, 0.29) is 23.8 Å². The van der Waals surface area contributed by atoms with Gasteiger partial charge in [-0.1, -0.05) is 12.1 Å². The van der Waals surface area contributed by atoms with Crippen molar-refractivity contribution in [2.24, 2.45) is 5.92 Å². The molecule has 0 aliphatic carbocycles. The summed E-state index contributed by atoms with van der Waals surface area (Å²) in [5, 5.41) is 0. The Morgan fingerprint density at radius 2 is 2.00 bits per heavy atom. The molecule has 136 valence electrons. The molecule has 25 heavy (non-hydrogen) atoms. The first-order chi connectivity index (χ1) is 12.1. The first-order valence-corrected chi connectivity index (χ1v) is 9.38. The number of aryl methyl sites for hydroxylation is 1. The number of hydrogen-bond donors (Lipinski definition) is 0. The van der Waals surface area contributed by atoms with Crippen LogP contribution in [0.1, 0.15) is 38.2 Å². The lowest BCUT2D eigenvalue weighted by Gasteiger charge is -2.35. The second-order valence-electron chi connectivity index (χ2n) is 7.02. The zero-order valence-corrected chi connectivity index (χ0v) is 15.2. The van der Waals surface area contributed by atoms with Crippen LogP contribution < -0.4 is 4.90 Å². The summed E-state index contributed by atoms with van der Waals surface area (Å²) < 4.78 is 5.50. The molecule has 1 aromatic rings. The molecule has 5 nitrogen and oxygen atoms in total. The number of ether oxygens (including phenoxy) is 1. The van der Waals surface area contributed by atoms with Gasteiger partial charge in [-0.2, -0.15) is 0 Å². The van der Waals surface area contributed by atoms with Crippen LogP contribution in [0, 0.1) is 12.8 Å². The van der Waals surface area contributed by atoms with Crippen molar-refractivity contribution in [1.82, 2.24) is 4.90 Å². The average Bonchev–Trinajstić information content (AvgIpc) is 3.16. The highest BCUT2D eigenvalue weighted by Gasteiger charge is 2.34. The number of piperidine rings is 1. The van der Waals surface area contributed by atoms with Gasteiger partial charge in [-0.3, -0.25) is 9.59 Å². The fourth-order valence-electron chi connectivity index (χ4n) is 3.80. The lowest BCUT2D eigenvalue weighted by molar-refractivity contribution is -0.143. The third kappa shape index (κ3) is 4.03. The highest BCUT2D eigenvalue weighted by atomic mass is 16.5. The number of likely N-dealkylation sites (tertiary alicyclic amines) is 1. The zero-order valence-electron chi connectivity index (χ0n) is 15.2. The fourth-order valence-corrected chi connectivity index (χ4v) is 3.80. The summed E-state index contributed by atoms with van der Waals surface area (Å²) in [6.45, 7) is 6.71. The van der Waals surface area contributed by atoms with Gasteiger partial charge in [0.25, 0.3) is 5.91 Å². The minimum atomic E-state index is -0.258. The summed E-state index contributed by atoms with van der Waals surface area (Å²) in [5.41, 5.74) is 2.12. The number of carbonyl (C=O) groups excluding carboxylic acids is 2. The van der Waals surface area contributed by atoms with Crippen LogP contribution in [0.25, 0.3) is 0 Å². The van der Waals surface area contributed by atoms with Crippen molar-refractivity contribution in [3.05, 3.63) is 29.8 Å². The zero-order chi connectivity index (χ0) is 17.8. The molecule has 2 heterocycles. The lowest BCUT2D eigenvalue weighted by atomic mass is 9.94. The van der Waals surface area contributed by atoms with Crippen molar-refractivity contribution in [2.45, 2.75) is 45.6 Å². The van der Waals surface area contributed by atoms with Crippen molar-refractivity contribution < 1.29 is 14.3 Å². The van der Waals surface area contributed by atoms with Gasteiger partial charge in [0, 0.05) is 37.8 Å². The average molecular weight is 344 g/mol. The SMILES string of the molecule is CCN(C(=O)C1CCN(C(=O)C2CCCO2)CC1)c1cccc(C)c1. The molecule has 2 amide bonds. The lowest BCUT2D eigenvalue weighted by Crippen LogP contribution is -2.47. The molecule has 0 spiro atoms. The molecule has 2 aliphatic rings. The normalized spacial score (nSPS) is 21.4. The topological polar surface area (TPSA) is 49.9 Å². The largest absolute Gasteiger partial charge is 0.368 e. The third-order valence-electron chi connectivity index (χ3n) is 5.26. The smallest absolute Gasteiger partial charge is 0.251 e. The predicted molar refractivity (Wildman–Crippen MR) is 97.5 cm³/mol. The van der Waals surface area contributed by atoms with Gasteiger partial charge in [-0.05, 0) is 57.2 Å². The van der Waals surface area contributed by atoms with Crippen LogP contribution in [0.4, 0.5) is 5.69 Å². The Bertz CT molecular complexity index is 617. The highest BCUT2D eigenvalue weighted by Crippen LogP contribution is 2.25. The summed E-state index contributed by atoms with van der Waals surface area (Å²) in [6.07, 6.45) is 3.01. The van der Waals surface area contributed by atoms with Crippen molar-refractivity contribution in [2.75, 3.05) is 31.1 Å². The summed E-state index contributed by atoms with van der Waals surface area (Å²) in [7, 11) is 0. The molecule has 2 saturated heterocycles. The standard InChI is InChI=1S/C20H28N2O3/c1-3-22(17-7-4-6-15(2)14-17)19(23)16-9-11-21(12-10-16)20(24)18-8-5-13-25-18/h4,6-7,14,16,18H,3,5,8-13H2,1-2H3. The van der Waals surface area contributed by atoms with Crippen LogP contribution in [0.5, 0.6) is 0 Å². The number of nitrogens with zero attached hydrogens (tertiary/aromatic N) is 2. The fraction of sp³-hybridized carbons (Fsp3) is 0.600. The molecule has 1 unspecified atom stereocenters. The first kappa shape index (κ1) is 17.9. The molecule has 0 aromatic heterocycles. The maximum Gasteiger partial charge on any atom is 0.251 e. The van der Waals surface area contributed by atoms with E-state index in [1.807, 2.05) is 41.8 Å². The van der Waals surface area contributed by atoms with Crippen LogP contribution in [-0.4, -0.2) is 49.1 Å². The van der Waals surface area contributed by atoms with E-state index in [0.29, 0.717) is 26.2 Å². The Hall–Kier alpha value is -1.88. The maximum atomic E-state index is 13.0.